The number of hydrogen-bond acceptors (Lipinski definition) is 2. The van der Waals surface area contributed by atoms with E-state index in [1.165, 1.54) is 11.6 Å². The van der Waals surface area contributed by atoms with E-state index in [0.29, 0.717) is 11.9 Å². The van der Waals surface area contributed by atoms with E-state index in [4.69, 9.17) is 0 Å². The second-order valence-corrected chi connectivity index (χ2v) is 5.17. The predicted molar refractivity (Wildman–Crippen MR) is 83.0 cm³/mol. The van der Waals surface area contributed by atoms with E-state index in [1.807, 2.05) is 30.3 Å². The van der Waals surface area contributed by atoms with E-state index < -0.39 is 18.2 Å². The number of aromatic nitrogens is 2. The minimum absolute atomic E-state index is 0.0550. The zero-order chi connectivity index (χ0) is 17.0. The lowest BCUT2D eigenvalue weighted by Gasteiger charge is -2.06. The molecule has 23 heavy (non-hydrogen) atoms. The summed E-state index contributed by atoms with van der Waals surface area (Å²) < 4.78 is 38.3. The van der Waals surface area contributed by atoms with Crippen LogP contribution in [0.15, 0.2) is 35.1 Å². The molecule has 0 fully saturated rings. The number of aromatic amines is 1. The van der Waals surface area contributed by atoms with E-state index in [9.17, 15) is 18.0 Å². The number of nitrogens with zero attached hydrogens (tertiary/aromatic N) is 1. The molecular weight excluding hydrogens is 307 g/mol. The topological polar surface area (TPSA) is 49.8 Å². The molecule has 0 amide bonds. The van der Waals surface area contributed by atoms with E-state index in [0.717, 1.165) is 17.3 Å². The van der Waals surface area contributed by atoms with E-state index in [2.05, 4.69) is 10.3 Å². The highest BCUT2D eigenvalue weighted by atomic mass is 19.4. The normalized spacial score (nSPS) is 14.0. The maximum Gasteiger partial charge on any atom is 0.392 e. The second-order valence-electron chi connectivity index (χ2n) is 5.17. The molecule has 0 aliphatic heterocycles. The Bertz CT molecular complexity index is 832. The lowest BCUT2D eigenvalue weighted by Crippen LogP contribution is -2.31. The van der Waals surface area contributed by atoms with Gasteiger partial charge in [-0.3, -0.25) is 9.36 Å². The van der Waals surface area contributed by atoms with Crippen LogP contribution in [0.4, 0.5) is 13.2 Å². The highest BCUT2D eigenvalue weighted by Crippen LogP contribution is 2.19. The van der Waals surface area contributed by atoms with Gasteiger partial charge in [0, 0.05) is 20.5 Å². The van der Waals surface area contributed by atoms with Gasteiger partial charge >= 0.3 is 6.18 Å². The summed E-state index contributed by atoms with van der Waals surface area (Å²) in [6.45, 7) is 0. The molecule has 2 N–H and O–H groups in total. The minimum atomic E-state index is -4.34. The summed E-state index contributed by atoms with van der Waals surface area (Å²) in [5, 5.41) is 2.96. The molecule has 1 heterocycles. The maximum atomic E-state index is 12.3. The van der Waals surface area contributed by atoms with Crippen molar-refractivity contribution in [2.75, 3.05) is 7.05 Å². The van der Waals surface area contributed by atoms with Crippen molar-refractivity contribution in [2.24, 2.45) is 7.05 Å². The largest absolute Gasteiger partial charge is 0.392 e. The predicted octanol–water partition coefficient (Wildman–Crippen LogP) is 1.02. The van der Waals surface area contributed by atoms with Crippen LogP contribution in [0.1, 0.15) is 12.0 Å². The van der Waals surface area contributed by atoms with Crippen LogP contribution in [-0.4, -0.2) is 22.8 Å². The summed E-state index contributed by atoms with van der Waals surface area (Å²) in [6, 6.07) is 9.58. The number of nitrogens with one attached hydrogen (secondary N) is 2. The number of hydrogen-bond donors (Lipinski definition) is 2. The molecule has 0 unspecified atom stereocenters. The molecule has 2 aromatic rings. The van der Waals surface area contributed by atoms with Gasteiger partial charge in [-0.2, -0.15) is 13.2 Å². The zero-order valence-corrected chi connectivity index (χ0v) is 12.9. The molecule has 7 heteroatoms. The first kappa shape index (κ1) is 16.9. The number of rotatable bonds is 4. The summed E-state index contributed by atoms with van der Waals surface area (Å²) >= 11 is 0. The summed E-state index contributed by atoms with van der Waals surface area (Å²) in [5.74, 6) is 0. The van der Waals surface area contributed by atoms with E-state index in [-0.39, 0.29) is 5.35 Å². The summed E-state index contributed by atoms with van der Waals surface area (Å²) in [4.78, 5) is 14.9. The van der Waals surface area contributed by atoms with Crippen LogP contribution in [0.5, 0.6) is 0 Å². The van der Waals surface area contributed by atoms with Gasteiger partial charge in [0.15, 0.2) is 0 Å². The van der Waals surface area contributed by atoms with Gasteiger partial charge in [-0.1, -0.05) is 30.3 Å². The summed E-state index contributed by atoms with van der Waals surface area (Å²) in [6.07, 6.45) is -4.07. The first-order valence-electron chi connectivity index (χ1n) is 7.08. The lowest BCUT2D eigenvalue weighted by atomic mass is 10.1. The van der Waals surface area contributed by atoms with Crippen molar-refractivity contribution in [3.8, 4) is 0 Å². The van der Waals surface area contributed by atoms with Gasteiger partial charge in [0.2, 0.25) is 0 Å². The van der Waals surface area contributed by atoms with Crippen LogP contribution in [-0.2, 0) is 13.5 Å². The SMILES string of the molecule is CN/C(Cc1ccccc1)=c1/[nH]/c(=C\CC(F)(F)F)c(=O)n1C. The van der Waals surface area contributed by atoms with Gasteiger partial charge in [-0.05, 0) is 11.6 Å². The van der Waals surface area contributed by atoms with Crippen molar-refractivity contribution >= 4 is 11.8 Å². The van der Waals surface area contributed by atoms with Gasteiger partial charge in [0.25, 0.3) is 5.56 Å². The van der Waals surface area contributed by atoms with Gasteiger partial charge in [-0.25, -0.2) is 0 Å². The summed E-state index contributed by atoms with van der Waals surface area (Å²) in [5.41, 5.74) is 1.74. The van der Waals surface area contributed by atoms with Crippen molar-refractivity contribution in [2.45, 2.75) is 19.0 Å². The van der Waals surface area contributed by atoms with Crippen LogP contribution in [0, 0.1) is 0 Å². The quantitative estimate of drug-likeness (QED) is 0.882. The van der Waals surface area contributed by atoms with E-state index >= 15 is 0 Å². The van der Waals surface area contributed by atoms with Crippen LogP contribution in [0.25, 0.3) is 11.8 Å². The molecular formula is C16H18F3N3O. The molecule has 2 rings (SSSR count). The van der Waals surface area contributed by atoms with Gasteiger partial charge in [0.05, 0.1) is 12.1 Å². The van der Waals surface area contributed by atoms with Crippen molar-refractivity contribution in [1.29, 1.82) is 0 Å². The molecule has 0 spiro atoms. The number of halogens is 3. The molecule has 4 nitrogen and oxygen atoms in total. The molecule has 0 bridgehead atoms. The van der Waals surface area contributed by atoms with Crippen molar-refractivity contribution in [3.63, 3.8) is 0 Å². The average molecular weight is 325 g/mol. The Hall–Kier alpha value is -2.44. The highest BCUT2D eigenvalue weighted by Gasteiger charge is 2.25. The Labute approximate surface area is 131 Å². The lowest BCUT2D eigenvalue weighted by molar-refractivity contribution is -0.122. The first-order valence-corrected chi connectivity index (χ1v) is 7.08. The maximum absolute atomic E-state index is 12.3. The van der Waals surface area contributed by atoms with Gasteiger partial charge in [0.1, 0.15) is 10.8 Å². The fourth-order valence-corrected chi connectivity index (χ4v) is 2.27. The summed E-state index contributed by atoms with van der Waals surface area (Å²) in [7, 11) is 3.24. The van der Waals surface area contributed by atoms with Crippen LogP contribution in [0.3, 0.4) is 0 Å². The Kier molecular flexibility index (Phi) is 4.98. The molecule has 0 saturated heterocycles. The third kappa shape index (κ3) is 4.28. The van der Waals surface area contributed by atoms with Gasteiger partial charge in [-0.15, -0.1) is 0 Å². The van der Waals surface area contributed by atoms with Crippen molar-refractivity contribution < 1.29 is 13.2 Å². The minimum Gasteiger partial charge on any atom is -0.388 e. The van der Waals surface area contributed by atoms with Crippen molar-refractivity contribution in [3.05, 3.63) is 57.1 Å². The number of likely N-dealkylation sites (N-methyl/N-ethyl adjacent to an activating group) is 1. The number of benzene rings is 1. The van der Waals surface area contributed by atoms with Crippen LogP contribution >= 0.6 is 0 Å². The average Bonchev–Trinajstić information content (AvgIpc) is 2.79. The molecule has 0 saturated carbocycles. The monoisotopic (exact) mass is 325 g/mol. The third-order valence-electron chi connectivity index (χ3n) is 3.47. The number of H-pyrrole nitrogens is 1. The Balaban J connectivity index is 2.50. The Morgan fingerprint density at radius 1 is 1.30 bits per heavy atom. The highest BCUT2D eigenvalue weighted by molar-refractivity contribution is 5.44. The third-order valence-corrected chi connectivity index (χ3v) is 3.47. The Morgan fingerprint density at radius 3 is 2.52 bits per heavy atom. The Morgan fingerprint density at radius 2 is 1.96 bits per heavy atom. The smallest absolute Gasteiger partial charge is 0.388 e. The molecule has 0 atom stereocenters. The van der Waals surface area contributed by atoms with Crippen LogP contribution in [0.2, 0.25) is 0 Å². The standard InChI is InChI=1S/C16H18F3N3O/c1-20-13(10-11-6-4-3-5-7-11)14-21-12(15(23)22(14)2)8-9-16(17,18)19/h3-8,20-21H,9-10H2,1-2H3/b12-8-,14-13-. The second kappa shape index (κ2) is 6.76. The molecule has 124 valence electrons. The molecule has 1 aromatic carbocycles. The molecule has 0 aliphatic carbocycles. The fraction of sp³-hybridized carbons (Fsp3) is 0.312. The fourth-order valence-electron chi connectivity index (χ4n) is 2.27. The molecule has 0 radical (unpaired) electrons. The van der Waals surface area contributed by atoms with E-state index in [1.54, 1.807) is 7.05 Å². The van der Waals surface area contributed by atoms with Gasteiger partial charge < -0.3 is 10.3 Å². The zero-order valence-electron chi connectivity index (χ0n) is 12.9. The molecule has 1 aromatic heterocycles. The number of imidazole rings is 1. The number of alkyl halides is 3. The molecule has 0 aliphatic rings. The van der Waals surface area contributed by atoms with Crippen LogP contribution < -0.4 is 21.7 Å². The van der Waals surface area contributed by atoms with Crippen molar-refractivity contribution in [1.82, 2.24) is 14.9 Å². The first-order chi connectivity index (χ1) is 10.8.